The van der Waals surface area contributed by atoms with Gasteiger partial charge in [0.05, 0.1) is 16.9 Å². The van der Waals surface area contributed by atoms with Gasteiger partial charge in [0.25, 0.3) is 5.91 Å². The topological polar surface area (TPSA) is 75.4 Å². The van der Waals surface area contributed by atoms with Gasteiger partial charge in [-0.1, -0.05) is 17.7 Å². The molecule has 2 rings (SSSR count). The van der Waals surface area contributed by atoms with E-state index in [4.69, 9.17) is 17.3 Å². The summed E-state index contributed by atoms with van der Waals surface area (Å²) in [6.07, 6.45) is 0. The van der Waals surface area contributed by atoms with Crippen LogP contribution < -0.4 is 11.1 Å². The first-order chi connectivity index (χ1) is 8.99. The van der Waals surface area contributed by atoms with Gasteiger partial charge in [-0.3, -0.25) is 4.79 Å². The zero-order valence-corrected chi connectivity index (χ0v) is 12.0. The maximum Gasteiger partial charge on any atom is 0.257 e. The maximum absolute atomic E-state index is 12.1. The van der Waals surface area contributed by atoms with Crippen LogP contribution in [-0.4, -0.2) is 11.0 Å². The molecule has 0 saturated heterocycles. The van der Waals surface area contributed by atoms with Gasteiger partial charge in [0.2, 0.25) is 0 Å². The fourth-order valence-corrected chi connectivity index (χ4v) is 2.07. The Kier molecular flexibility index (Phi) is 3.97. The van der Waals surface area contributed by atoms with Crippen LogP contribution in [0.4, 0.5) is 11.4 Å². The van der Waals surface area contributed by atoms with Crippen molar-refractivity contribution in [1.82, 2.24) is 0 Å². The van der Waals surface area contributed by atoms with E-state index in [0.717, 1.165) is 0 Å². The first kappa shape index (κ1) is 13.7. The molecule has 0 radical (unpaired) electrons. The molecule has 0 aliphatic carbocycles. The molecule has 0 atom stereocenters. The molecule has 2 aromatic rings. The Morgan fingerprint density at radius 2 is 2.05 bits per heavy atom. The number of carbonyl (C=O) groups excluding carboxylic acids is 1. The van der Waals surface area contributed by atoms with Crippen LogP contribution in [0.5, 0.6) is 5.75 Å². The van der Waals surface area contributed by atoms with E-state index in [1.54, 1.807) is 18.2 Å². The summed E-state index contributed by atoms with van der Waals surface area (Å²) in [4.78, 5) is 12.1. The maximum atomic E-state index is 12.1. The highest BCUT2D eigenvalue weighted by atomic mass is 79.9. The van der Waals surface area contributed by atoms with Crippen molar-refractivity contribution in [3.05, 3.63) is 51.5 Å². The summed E-state index contributed by atoms with van der Waals surface area (Å²) < 4.78 is 0.635. The number of benzene rings is 2. The zero-order valence-electron chi connectivity index (χ0n) is 9.65. The summed E-state index contributed by atoms with van der Waals surface area (Å²) in [5.41, 5.74) is 6.69. The number of phenolic OH excluding ortho intramolecular Hbond substituents is 1. The minimum atomic E-state index is -0.420. The summed E-state index contributed by atoms with van der Waals surface area (Å²) in [6.45, 7) is 0. The van der Waals surface area contributed by atoms with Crippen LogP contribution in [0.1, 0.15) is 10.4 Å². The molecule has 4 N–H and O–H groups in total. The van der Waals surface area contributed by atoms with E-state index in [-0.39, 0.29) is 11.4 Å². The van der Waals surface area contributed by atoms with E-state index < -0.39 is 5.91 Å². The lowest BCUT2D eigenvalue weighted by Gasteiger charge is -2.10. The first-order valence-electron chi connectivity index (χ1n) is 5.33. The third-order valence-electron chi connectivity index (χ3n) is 2.50. The van der Waals surface area contributed by atoms with E-state index in [1.165, 1.54) is 18.2 Å². The number of halogens is 2. The largest absolute Gasteiger partial charge is 0.506 e. The molecule has 0 unspecified atom stereocenters. The molecule has 0 saturated carbocycles. The van der Waals surface area contributed by atoms with Crippen LogP contribution in [0.15, 0.2) is 40.9 Å². The number of nitrogens with two attached hydrogens (primary N) is 1. The Morgan fingerprint density at radius 1 is 1.32 bits per heavy atom. The Hall–Kier alpha value is -1.72. The van der Waals surface area contributed by atoms with Crippen molar-refractivity contribution in [2.24, 2.45) is 0 Å². The molecule has 0 aliphatic rings. The lowest BCUT2D eigenvalue weighted by Crippen LogP contribution is -2.14. The van der Waals surface area contributed by atoms with Crippen molar-refractivity contribution in [1.29, 1.82) is 0 Å². The highest BCUT2D eigenvalue weighted by Crippen LogP contribution is 2.28. The summed E-state index contributed by atoms with van der Waals surface area (Å²) in [6, 6.07) is 9.43. The summed E-state index contributed by atoms with van der Waals surface area (Å²) in [5, 5.41) is 12.6. The Morgan fingerprint density at radius 3 is 2.79 bits per heavy atom. The van der Waals surface area contributed by atoms with Crippen molar-refractivity contribution in [3.63, 3.8) is 0 Å². The van der Waals surface area contributed by atoms with Gasteiger partial charge in [-0.25, -0.2) is 0 Å². The van der Waals surface area contributed by atoms with Gasteiger partial charge in [0, 0.05) is 9.50 Å². The normalized spacial score (nSPS) is 10.2. The SMILES string of the molecule is Nc1c(Br)cccc1C(=O)Nc1cc(Cl)ccc1O. The smallest absolute Gasteiger partial charge is 0.257 e. The number of nitrogen functional groups attached to an aromatic ring is 1. The summed E-state index contributed by atoms with van der Waals surface area (Å²) in [5.74, 6) is -0.484. The van der Waals surface area contributed by atoms with E-state index in [2.05, 4.69) is 21.2 Å². The number of nitrogens with one attached hydrogen (secondary N) is 1. The number of rotatable bonds is 2. The third kappa shape index (κ3) is 3.00. The van der Waals surface area contributed by atoms with Gasteiger partial charge < -0.3 is 16.2 Å². The number of aromatic hydroxyl groups is 1. The van der Waals surface area contributed by atoms with Gasteiger partial charge in [-0.15, -0.1) is 0 Å². The Bertz CT molecular complexity index is 647. The van der Waals surface area contributed by atoms with Crippen LogP contribution in [0.3, 0.4) is 0 Å². The third-order valence-corrected chi connectivity index (χ3v) is 3.43. The summed E-state index contributed by atoms with van der Waals surface area (Å²) in [7, 11) is 0. The van der Waals surface area contributed by atoms with Gasteiger partial charge in [-0.2, -0.15) is 0 Å². The lowest BCUT2D eigenvalue weighted by molar-refractivity contribution is 0.102. The van der Waals surface area contributed by atoms with E-state index in [0.29, 0.717) is 20.7 Å². The number of hydrogen-bond acceptors (Lipinski definition) is 3. The van der Waals surface area contributed by atoms with E-state index in [1.807, 2.05) is 0 Å². The molecule has 1 amide bonds. The lowest BCUT2D eigenvalue weighted by atomic mass is 10.1. The molecule has 0 aromatic heterocycles. The van der Waals surface area contributed by atoms with E-state index >= 15 is 0 Å². The first-order valence-corrected chi connectivity index (χ1v) is 6.50. The number of para-hydroxylation sites is 1. The van der Waals surface area contributed by atoms with Crippen molar-refractivity contribution >= 4 is 44.8 Å². The molecule has 6 heteroatoms. The van der Waals surface area contributed by atoms with Crippen molar-refractivity contribution in [2.45, 2.75) is 0 Å². The minimum absolute atomic E-state index is 0.0636. The number of amides is 1. The Labute approximate surface area is 123 Å². The molecule has 0 spiro atoms. The fourth-order valence-electron chi connectivity index (χ4n) is 1.53. The number of phenols is 1. The molecule has 19 heavy (non-hydrogen) atoms. The highest BCUT2D eigenvalue weighted by molar-refractivity contribution is 9.10. The number of hydrogen-bond donors (Lipinski definition) is 3. The molecule has 0 bridgehead atoms. The molecule has 0 fully saturated rings. The monoisotopic (exact) mass is 340 g/mol. The van der Waals surface area contributed by atoms with Crippen LogP contribution in [0, 0.1) is 0 Å². The quantitative estimate of drug-likeness (QED) is 0.576. The van der Waals surface area contributed by atoms with Crippen LogP contribution in [-0.2, 0) is 0 Å². The second-order valence-corrected chi connectivity index (χ2v) is 5.11. The molecule has 2 aromatic carbocycles. The second kappa shape index (κ2) is 5.50. The predicted molar refractivity (Wildman–Crippen MR) is 79.6 cm³/mol. The fraction of sp³-hybridized carbons (Fsp3) is 0. The van der Waals surface area contributed by atoms with Gasteiger partial charge in [0.15, 0.2) is 0 Å². The Balaban J connectivity index is 2.31. The molecule has 4 nitrogen and oxygen atoms in total. The van der Waals surface area contributed by atoms with Crippen LogP contribution in [0.25, 0.3) is 0 Å². The molecule has 0 heterocycles. The van der Waals surface area contributed by atoms with Crippen LogP contribution in [0.2, 0.25) is 5.02 Å². The van der Waals surface area contributed by atoms with Crippen LogP contribution >= 0.6 is 27.5 Å². The standard InChI is InChI=1S/C13H10BrClN2O2/c14-9-3-1-2-8(12(9)16)13(19)17-10-6-7(15)4-5-11(10)18/h1-6,18H,16H2,(H,17,19). The molecule has 98 valence electrons. The molecular formula is C13H10BrClN2O2. The predicted octanol–water partition coefficient (Wildman–Crippen LogP) is 3.64. The minimum Gasteiger partial charge on any atom is -0.506 e. The van der Waals surface area contributed by atoms with E-state index in [9.17, 15) is 9.90 Å². The van der Waals surface area contributed by atoms with Crippen molar-refractivity contribution in [2.75, 3.05) is 11.1 Å². The number of anilines is 2. The van der Waals surface area contributed by atoms with Crippen molar-refractivity contribution < 1.29 is 9.90 Å². The number of carbonyl (C=O) groups is 1. The van der Waals surface area contributed by atoms with Gasteiger partial charge in [0.1, 0.15) is 5.75 Å². The van der Waals surface area contributed by atoms with Gasteiger partial charge in [-0.05, 0) is 46.3 Å². The zero-order chi connectivity index (χ0) is 14.0. The highest BCUT2D eigenvalue weighted by Gasteiger charge is 2.13. The average molecular weight is 342 g/mol. The molecule has 0 aliphatic heterocycles. The van der Waals surface area contributed by atoms with Gasteiger partial charge >= 0.3 is 0 Å². The summed E-state index contributed by atoms with van der Waals surface area (Å²) >= 11 is 9.06. The van der Waals surface area contributed by atoms with Crippen molar-refractivity contribution in [3.8, 4) is 5.75 Å². The average Bonchev–Trinajstić information content (AvgIpc) is 2.37. The molecular weight excluding hydrogens is 332 g/mol. The second-order valence-electron chi connectivity index (χ2n) is 3.82.